The van der Waals surface area contributed by atoms with Crippen molar-refractivity contribution in [3.05, 3.63) is 0 Å². The van der Waals surface area contributed by atoms with E-state index < -0.39 is 7.25 Å². The van der Waals surface area contributed by atoms with Gasteiger partial charge in [-0.25, -0.2) is 0 Å². The van der Waals surface area contributed by atoms with Crippen molar-refractivity contribution < 1.29 is 22.6 Å². The lowest BCUT2D eigenvalue weighted by molar-refractivity contribution is -0.716. The Morgan fingerprint density at radius 1 is 1.00 bits per heavy atom. The third kappa shape index (κ3) is 22.6. The fourth-order valence-corrected chi connectivity index (χ4v) is 1.11. The normalized spacial score (nSPS) is 11.6. The van der Waals surface area contributed by atoms with Crippen LogP contribution in [0.1, 0.15) is 40.5 Å². The van der Waals surface area contributed by atoms with E-state index in [2.05, 4.69) is 33.0 Å². The Labute approximate surface area is 83.4 Å². The Bertz CT molecular complexity index is 117. The summed E-state index contributed by atoms with van der Waals surface area (Å²) in [6, 6.07) is 1.61. The molecule has 0 aliphatic rings. The highest BCUT2D eigenvalue weighted by Crippen LogP contribution is 2.06. The Morgan fingerprint density at radius 3 is 1.36 bits per heavy atom. The molecular weight excluding hydrogens is 197 g/mol. The predicted molar refractivity (Wildman–Crippen MR) is 51.6 cm³/mol. The van der Waals surface area contributed by atoms with Crippen molar-refractivity contribution in [3.8, 4) is 0 Å². The zero-order chi connectivity index (χ0) is 11.8. The molecule has 0 fully saturated rings. The summed E-state index contributed by atoms with van der Waals surface area (Å²) in [5.74, 6) is 0. The second-order valence-corrected chi connectivity index (χ2v) is 3.51. The summed E-state index contributed by atoms with van der Waals surface area (Å²) in [7, 11) is -6.00. The Balaban J connectivity index is 0. The number of halogens is 4. The van der Waals surface area contributed by atoms with Crippen LogP contribution in [0.15, 0.2) is 0 Å². The highest BCUT2D eigenvalue weighted by molar-refractivity contribution is 6.50. The van der Waals surface area contributed by atoms with Gasteiger partial charge in [0.15, 0.2) is 0 Å². The molecule has 2 N–H and O–H groups in total. The van der Waals surface area contributed by atoms with Crippen molar-refractivity contribution in [2.75, 3.05) is 0 Å². The Kier molecular flexibility index (Phi) is 9.35. The summed E-state index contributed by atoms with van der Waals surface area (Å²) >= 11 is 0. The van der Waals surface area contributed by atoms with Crippen molar-refractivity contribution in [1.82, 2.24) is 0 Å². The molecule has 0 atom stereocenters. The summed E-state index contributed by atoms with van der Waals surface area (Å²) in [6.45, 7) is 9.01. The zero-order valence-electron chi connectivity index (χ0n) is 9.24. The first-order valence-electron chi connectivity index (χ1n) is 4.92. The van der Waals surface area contributed by atoms with Gasteiger partial charge in [0.25, 0.3) is 0 Å². The molecule has 0 unspecified atom stereocenters. The number of quaternary nitrogens is 1. The van der Waals surface area contributed by atoms with E-state index in [1.54, 1.807) is 0 Å². The maximum atomic E-state index is 9.75. The van der Waals surface area contributed by atoms with Crippen molar-refractivity contribution in [3.63, 3.8) is 0 Å². The van der Waals surface area contributed by atoms with Gasteiger partial charge in [-0.1, -0.05) is 13.8 Å². The van der Waals surface area contributed by atoms with Crippen LogP contribution in [0.2, 0.25) is 0 Å². The topological polar surface area (TPSA) is 16.6 Å². The van der Waals surface area contributed by atoms with Crippen LogP contribution < -0.4 is 5.32 Å². The average Bonchev–Trinajstić information content (AvgIpc) is 1.96. The number of rotatable bonds is 4. The molecule has 0 radical (unpaired) electrons. The quantitative estimate of drug-likeness (QED) is 0.550. The van der Waals surface area contributed by atoms with Crippen LogP contribution >= 0.6 is 0 Å². The van der Waals surface area contributed by atoms with Crippen LogP contribution in [-0.4, -0.2) is 19.3 Å². The first kappa shape index (κ1) is 16.2. The van der Waals surface area contributed by atoms with E-state index in [1.807, 2.05) is 0 Å². The SMILES string of the molecule is CCC(CC)[NH2+]C(C)C.F[B-](F)(F)F. The Morgan fingerprint density at radius 2 is 1.29 bits per heavy atom. The van der Waals surface area contributed by atoms with Gasteiger partial charge in [0.2, 0.25) is 0 Å². The molecular formula is C8H20BF4N. The van der Waals surface area contributed by atoms with Gasteiger partial charge in [-0.15, -0.1) is 0 Å². The van der Waals surface area contributed by atoms with Crippen molar-refractivity contribution in [2.45, 2.75) is 52.6 Å². The molecule has 1 nitrogen and oxygen atoms in total. The molecule has 14 heavy (non-hydrogen) atoms. The summed E-state index contributed by atoms with van der Waals surface area (Å²) in [4.78, 5) is 0. The molecule has 0 spiro atoms. The minimum Gasteiger partial charge on any atom is -0.418 e. The number of hydrogen-bond acceptors (Lipinski definition) is 0. The average molecular weight is 217 g/mol. The van der Waals surface area contributed by atoms with Gasteiger partial charge in [-0.2, -0.15) is 0 Å². The first-order chi connectivity index (χ1) is 6.20. The molecule has 0 saturated carbocycles. The number of nitrogens with two attached hydrogens (primary N) is 1. The maximum Gasteiger partial charge on any atom is 0.673 e. The lowest BCUT2D eigenvalue weighted by Gasteiger charge is -2.13. The van der Waals surface area contributed by atoms with E-state index in [0.29, 0.717) is 0 Å². The minimum atomic E-state index is -6.00. The van der Waals surface area contributed by atoms with E-state index in [4.69, 9.17) is 0 Å². The predicted octanol–water partition coefficient (Wildman–Crippen LogP) is 2.45. The first-order valence-corrected chi connectivity index (χ1v) is 4.92. The minimum absolute atomic E-state index is 0.759. The Hall–Kier alpha value is -0.255. The summed E-state index contributed by atoms with van der Waals surface area (Å²) in [5, 5.41) is 2.44. The summed E-state index contributed by atoms with van der Waals surface area (Å²) in [6.07, 6.45) is 2.60. The van der Waals surface area contributed by atoms with Gasteiger partial charge in [0, 0.05) is 0 Å². The standard InChI is InChI=1S/C8H19N.BF4/c1-5-8(6-2)9-7(3)4;2-1(3,4)5/h7-9H,5-6H2,1-4H3;/q;-1/p+1. The van der Waals surface area contributed by atoms with Gasteiger partial charge in [0.05, 0.1) is 12.1 Å². The molecule has 0 saturated heterocycles. The molecule has 0 bridgehead atoms. The second-order valence-electron chi connectivity index (χ2n) is 3.51. The van der Waals surface area contributed by atoms with Crippen LogP contribution in [0, 0.1) is 0 Å². The van der Waals surface area contributed by atoms with E-state index >= 15 is 0 Å². The van der Waals surface area contributed by atoms with Crippen molar-refractivity contribution >= 4 is 7.25 Å². The lowest BCUT2D eigenvalue weighted by Crippen LogP contribution is -2.93. The second kappa shape index (κ2) is 8.09. The highest BCUT2D eigenvalue weighted by Gasteiger charge is 2.20. The molecule has 0 aromatic rings. The fourth-order valence-electron chi connectivity index (χ4n) is 1.11. The number of hydrogen-bond donors (Lipinski definition) is 1. The maximum absolute atomic E-state index is 9.75. The lowest BCUT2D eigenvalue weighted by atomic mass is 10.1. The molecule has 0 amide bonds. The van der Waals surface area contributed by atoms with Crippen molar-refractivity contribution in [2.24, 2.45) is 0 Å². The van der Waals surface area contributed by atoms with Crippen LogP contribution in [0.25, 0.3) is 0 Å². The van der Waals surface area contributed by atoms with Crippen LogP contribution in [0.3, 0.4) is 0 Å². The van der Waals surface area contributed by atoms with Gasteiger partial charge in [-0.05, 0) is 26.7 Å². The molecule has 0 aliphatic carbocycles. The van der Waals surface area contributed by atoms with E-state index in [1.165, 1.54) is 12.8 Å². The molecule has 0 aromatic carbocycles. The summed E-state index contributed by atoms with van der Waals surface area (Å²) < 4.78 is 39.0. The van der Waals surface area contributed by atoms with Gasteiger partial charge >= 0.3 is 7.25 Å². The van der Waals surface area contributed by atoms with Gasteiger partial charge in [0.1, 0.15) is 0 Å². The smallest absolute Gasteiger partial charge is 0.418 e. The summed E-state index contributed by atoms with van der Waals surface area (Å²) in [5.41, 5.74) is 0. The third-order valence-electron chi connectivity index (χ3n) is 1.71. The fraction of sp³-hybridized carbons (Fsp3) is 1.00. The van der Waals surface area contributed by atoms with E-state index in [9.17, 15) is 17.3 Å². The third-order valence-corrected chi connectivity index (χ3v) is 1.71. The molecule has 0 aromatic heterocycles. The van der Waals surface area contributed by atoms with Crippen LogP contribution in [0.4, 0.5) is 17.3 Å². The molecule has 88 valence electrons. The molecule has 0 heterocycles. The van der Waals surface area contributed by atoms with Gasteiger partial charge < -0.3 is 22.6 Å². The van der Waals surface area contributed by atoms with E-state index in [0.717, 1.165) is 12.1 Å². The van der Waals surface area contributed by atoms with E-state index in [-0.39, 0.29) is 0 Å². The zero-order valence-corrected chi connectivity index (χ0v) is 9.24. The van der Waals surface area contributed by atoms with Crippen LogP contribution in [0.5, 0.6) is 0 Å². The van der Waals surface area contributed by atoms with Crippen LogP contribution in [-0.2, 0) is 0 Å². The molecule has 6 heteroatoms. The molecule has 0 rings (SSSR count). The monoisotopic (exact) mass is 217 g/mol. The van der Waals surface area contributed by atoms with Gasteiger partial charge in [-0.3, -0.25) is 0 Å². The highest BCUT2D eigenvalue weighted by atomic mass is 19.5. The molecule has 0 aliphatic heterocycles. The van der Waals surface area contributed by atoms with Crippen molar-refractivity contribution in [1.29, 1.82) is 0 Å². The largest absolute Gasteiger partial charge is 0.673 e.